The summed E-state index contributed by atoms with van der Waals surface area (Å²) in [5.74, 6) is 0.0489. The number of nitrogens with one attached hydrogen (secondary N) is 1. The highest BCUT2D eigenvalue weighted by Crippen LogP contribution is 2.48. The molecule has 4 heterocycles. The van der Waals surface area contributed by atoms with Crippen LogP contribution in [0.3, 0.4) is 0 Å². The van der Waals surface area contributed by atoms with Gasteiger partial charge < -0.3 is 19.3 Å². The smallest absolute Gasteiger partial charge is 0.199 e. The fraction of sp³-hybridized carbons (Fsp3) is 0.167. The zero-order valence-corrected chi connectivity index (χ0v) is 16.1. The van der Waals surface area contributed by atoms with Crippen molar-refractivity contribution in [1.29, 1.82) is 0 Å². The molecule has 0 saturated carbocycles. The van der Waals surface area contributed by atoms with E-state index in [9.17, 15) is 10.2 Å². The molecule has 0 saturated heterocycles. The van der Waals surface area contributed by atoms with Crippen molar-refractivity contribution in [3.8, 4) is 22.9 Å². The maximum atomic E-state index is 10.8. The van der Waals surface area contributed by atoms with Gasteiger partial charge in [0.1, 0.15) is 0 Å². The molecule has 5 nitrogen and oxygen atoms in total. The maximum Gasteiger partial charge on any atom is 0.199 e. The monoisotopic (exact) mass is 383 g/mol. The number of hydrogen-bond donors (Lipinski definition) is 3. The molecule has 1 aliphatic heterocycles. The molecular formula is C24H21N3O2. The number of rotatable bonds is 2. The molecule has 0 fully saturated rings. The highest BCUT2D eigenvalue weighted by Gasteiger charge is 2.31. The van der Waals surface area contributed by atoms with Crippen LogP contribution < -0.4 is 0 Å². The summed E-state index contributed by atoms with van der Waals surface area (Å²) >= 11 is 0. The number of nitrogens with zero attached hydrogens (tertiary/aromatic N) is 2. The average molecular weight is 383 g/mol. The summed E-state index contributed by atoms with van der Waals surface area (Å²) in [6, 6.07) is 16.6. The van der Waals surface area contributed by atoms with Crippen molar-refractivity contribution in [2.45, 2.75) is 18.9 Å². The second-order valence-corrected chi connectivity index (χ2v) is 7.91. The first kappa shape index (κ1) is 16.4. The number of hydrogen-bond acceptors (Lipinski definition) is 2. The Morgan fingerprint density at radius 3 is 2.76 bits per heavy atom. The molecular weight excluding hydrogens is 362 g/mol. The van der Waals surface area contributed by atoms with E-state index in [2.05, 4.69) is 56.7 Å². The third kappa shape index (κ3) is 2.15. The molecule has 5 aromatic rings. The van der Waals surface area contributed by atoms with Gasteiger partial charge in [-0.25, -0.2) is 0 Å². The highest BCUT2D eigenvalue weighted by molar-refractivity contribution is 5.99. The molecule has 1 atom stereocenters. The standard InChI is InChI=1S/C24H21N3O2/c1-26-13-17(16-7-2-3-8-18(16)26)20-21(24(29)25-23(20)28)19-10-9-14-5-4-6-15-11-12-27(19)22(14)15/h2-8,11-13,19,25,28-29H,9-10H2,1H3. The number of para-hydroxylation sites is 2. The minimum Gasteiger partial charge on any atom is -0.494 e. The summed E-state index contributed by atoms with van der Waals surface area (Å²) in [5.41, 5.74) is 6.00. The van der Waals surface area contributed by atoms with Crippen LogP contribution in [0, 0.1) is 0 Å². The van der Waals surface area contributed by atoms with E-state index in [4.69, 9.17) is 0 Å². The molecule has 1 aliphatic rings. The van der Waals surface area contributed by atoms with Gasteiger partial charge in [0.2, 0.25) is 0 Å². The Balaban J connectivity index is 1.63. The molecule has 0 bridgehead atoms. The number of benzene rings is 2. The predicted molar refractivity (Wildman–Crippen MR) is 114 cm³/mol. The molecule has 3 N–H and O–H groups in total. The van der Waals surface area contributed by atoms with Crippen LogP contribution in [0.25, 0.3) is 32.9 Å². The first-order chi connectivity index (χ1) is 14.1. The van der Waals surface area contributed by atoms with Gasteiger partial charge in [0.05, 0.1) is 17.1 Å². The number of aromatic nitrogens is 3. The number of aromatic hydroxyl groups is 2. The van der Waals surface area contributed by atoms with Crippen molar-refractivity contribution in [2.24, 2.45) is 7.05 Å². The Morgan fingerprint density at radius 1 is 1.00 bits per heavy atom. The Morgan fingerprint density at radius 2 is 1.86 bits per heavy atom. The Hall–Kier alpha value is -3.60. The van der Waals surface area contributed by atoms with E-state index < -0.39 is 0 Å². The lowest BCUT2D eigenvalue weighted by molar-refractivity contribution is 0.416. The third-order valence-electron chi connectivity index (χ3n) is 6.34. The van der Waals surface area contributed by atoms with E-state index >= 15 is 0 Å². The summed E-state index contributed by atoms with van der Waals surface area (Å²) in [5, 5.41) is 23.8. The van der Waals surface area contributed by atoms with Gasteiger partial charge in [-0.05, 0) is 35.9 Å². The molecule has 29 heavy (non-hydrogen) atoms. The summed E-state index contributed by atoms with van der Waals surface area (Å²) < 4.78 is 4.30. The minimum absolute atomic E-state index is 0.0103. The molecule has 6 rings (SSSR count). The van der Waals surface area contributed by atoms with Gasteiger partial charge in [-0.1, -0.05) is 36.4 Å². The summed E-state index contributed by atoms with van der Waals surface area (Å²) in [4.78, 5) is 2.78. The van der Waals surface area contributed by atoms with Gasteiger partial charge >= 0.3 is 0 Å². The van der Waals surface area contributed by atoms with Gasteiger partial charge in [-0.2, -0.15) is 0 Å². The van der Waals surface area contributed by atoms with Crippen LogP contribution in [-0.2, 0) is 13.5 Å². The van der Waals surface area contributed by atoms with Gasteiger partial charge in [0.15, 0.2) is 11.8 Å². The fourth-order valence-electron chi connectivity index (χ4n) is 5.10. The topological polar surface area (TPSA) is 66.1 Å². The highest BCUT2D eigenvalue weighted by atomic mass is 16.3. The van der Waals surface area contributed by atoms with Crippen LogP contribution in [0.1, 0.15) is 23.6 Å². The molecule has 3 aromatic heterocycles. The Bertz CT molecular complexity index is 1400. The molecule has 2 aromatic carbocycles. The van der Waals surface area contributed by atoms with E-state index in [0.29, 0.717) is 5.56 Å². The summed E-state index contributed by atoms with van der Waals surface area (Å²) in [6.45, 7) is 0. The van der Waals surface area contributed by atoms with Crippen LogP contribution >= 0.6 is 0 Å². The lowest BCUT2D eigenvalue weighted by Crippen LogP contribution is -2.16. The van der Waals surface area contributed by atoms with E-state index in [1.165, 1.54) is 16.5 Å². The van der Waals surface area contributed by atoms with E-state index in [1.54, 1.807) is 0 Å². The molecule has 144 valence electrons. The van der Waals surface area contributed by atoms with Crippen LogP contribution in [0.15, 0.2) is 60.9 Å². The third-order valence-corrected chi connectivity index (χ3v) is 6.34. The molecule has 0 spiro atoms. The van der Waals surface area contributed by atoms with Gasteiger partial charge in [0.25, 0.3) is 0 Å². The molecule has 5 heteroatoms. The summed E-state index contributed by atoms with van der Waals surface area (Å²) in [6.07, 6.45) is 5.92. The van der Waals surface area contributed by atoms with E-state index in [-0.39, 0.29) is 17.8 Å². The van der Waals surface area contributed by atoms with Crippen LogP contribution in [-0.4, -0.2) is 24.3 Å². The lowest BCUT2D eigenvalue weighted by atomic mass is 9.91. The summed E-state index contributed by atoms with van der Waals surface area (Å²) in [7, 11) is 2.00. The largest absolute Gasteiger partial charge is 0.494 e. The Labute approximate surface area is 167 Å². The van der Waals surface area contributed by atoms with Crippen LogP contribution in [0.5, 0.6) is 11.8 Å². The molecule has 0 amide bonds. The number of aryl methyl sites for hydroxylation is 2. The second-order valence-electron chi connectivity index (χ2n) is 7.91. The minimum atomic E-state index is -0.0477. The van der Waals surface area contributed by atoms with Crippen molar-refractivity contribution in [3.05, 3.63) is 72.1 Å². The zero-order valence-electron chi connectivity index (χ0n) is 16.1. The van der Waals surface area contributed by atoms with Crippen molar-refractivity contribution < 1.29 is 10.2 Å². The van der Waals surface area contributed by atoms with Crippen molar-refractivity contribution in [2.75, 3.05) is 0 Å². The van der Waals surface area contributed by atoms with E-state index in [0.717, 1.165) is 34.9 Å². The van der Waals surface area contributed by atoms with E-state index in [1.807, 2.05) is 25.4 Å². The molecule has 0 aliphatic carbocycles. The SMILES string of the molecule is Cn1cc(-c2c(O)[nH]c(O)c2C2CCc3cccc4ccn2c34)c2ccccc21. The molecule has 1 unspecified atom stereocenters. The van der Waals surface area contributed by atoms with Gasteiger partial charge in [0, 0.05) is 41.5 Å². The Kier molecular flexibility index (Phi) is 3.22. The number of aromatic amines is 1. The molecule has 0 radical (unpaired) electrons. The fourth-order valence-corrected chi connectivity index (χ4v) is 5.10. The quantitative estimate of drug-likeness (QED) is 0.398. The van der Waals surface area contributed by atoms with Crippen molar-refractivity contribution in [3.63, 3.8) is 0 Å². The number of H-pyrrole nitrogens is 1. The van der Waals surface area contributed by atoms with Gasteiger partial charge in [-0.3, -0.25) is 4.98 Å². The van der Waals surface area contributed by atoms with Crippen molar-refractivity contribution in [1.82, 2.24) is 14.1 Å². The second kappa shape index (κ2) is 5.70. The normalized spacial score (nSPS) is 16.1. The first-order valence-electron chi connectivity index (χ1n) is 9.90. The average Bonchev–Trinajstić information content (AvgIpc) is 3.38. The first-order valence-corrected chi connectivity index (χ1v) is 9.90. The van der Waals surface area contributed by atoms with Crippen LogP contribution in [0.4, 0.5) is 0 Å². The number of fused-ring (bicyclic) bond motifs is 1. The predicted octanol–water partition coefficient (Wildman–Crippen LogP) is 5.07. The zero-order chi connectivity index (χ0) is 19.7. The van der Waals surface area contributed by atoms with Gasteiger partial charge in [-0.15, -0.1) is 0 Å². The maximum absolute atomic E-state index is 10.8. The van der Waals surface area contributed by atoms with Crippen molar-refractivity contribution >= 4 is 21.8 Å². The van der Waals surface area contributed by atoms with Crippen LogP contribution in [0.2, 0.25) is 0 Å². The lowest BCUT2D eigenvalue weighted by Gasteiger charge is -2.26.